The molecule has 0 bridgehead atoms. The first-order valence-electron chi connectivity index (χ1n) is 8.79. The number of amides is 1. The van der Waals surface area contributed by atoms with Crippen LogP contribution in [0.25, 0.3) is 0 Å². The molecule has 0 saturated carbocycles. The van der Waals surface area contributed by atoms with E-state index in [1.807, 2.05) is 12.1 Å². The van der Waals surface area contributed by atoms with E-state index in [1.54, 1.807) is 24.2 Å². The molecule has 26 heavy (non-hydrogen) atoms. The van der Waals surface area contributed by atoms with Crippen LogP contribution in [0.3, 0.4) is 0 Å². The third-order valence-corrected chi connectivity index (χ3v) is 4.28. The fourth-order valence-corrected chi connectivity index (χ4v) is 2.98. The molecular formula is C18H23N5O3. The Morgan fingerprint density at radius 3 is 3.04 bits per heavy atom. The van der Waals surface area contributed by atoms with Gasteiger partial charge in [0.05, 0.1) is 13.0 Å². The Morgan fingerprint density at radius 1 is 1.38 bits per heavy atom. The molecular weight excluding hydrogens is 334 g/mol. The molecule has 0 saturated heterocycles. The second kappa shape index (κ2) is 8.57. The average molecular weight is 357 g/mol. The highest BCUT2D eigenvalue weighted by atomic mass is 16.5. The van der Waals surface area contributed by atoms with Gasteiger partial charge in [0.1, 0.15) is 0 Å². The monoisotopic (exact) mass is 357 g/mol. The molecule has 0 aliphatic carbocycles. The van der Waals surface area contributed by atoms with Crippen molar-refractivity contribution in [2.24, 2.45) is 0 Å². The zero-order valence-electron chi connectivity index (χ0n) is 14.8. The largest absolute Gasteiger partial charge is 0.466 e. The number of aromatic nitrogens is 3. The lowest BCUT2D eigenvalue weighted by molar-refractivity contribution is -0.143. The SMILES string of the molecule is CCOC(=O)CCN(Cc1cccnc1)C(=O)c1n[nH]c2c1CNCC2. The third-order valence-electron chi connectivity index (χ3n) is 4.28. The van der Waals surface area contributed by atoms with Crippen LogP contribution in [0, 0.1) is 0 Å². The van der Waals surface area contributed by atoms with Gasteiger partial charge in [-0.3, -0.25) is 19.7 Å². The van der Waals surface area contributed by atoms with Crippen molar-refractivity contribution in [1.29, 1.82) is 0 Å². The Kier molecular flexibility index (Phi) is 5.96. The van der Waals surface area contributed by atoms with Crippen molar-refractivity contribution < 1.29 is 14.3 Å². The summed E-state index contributed by atoms with van der Waals surface area (Å²) in [6.45, 7) is 4.20. The summed E-state index contributed by atoms with van der Waals surface area (Å²) in [6, 6.07) is 3.73. The smallest absolute Gasteiger partial charge is 0.307 e. The van der Waals surface area contributed by atoms with Crippen molar-refractivity contribution in [3.63, 3.8) is 0 Å². The van der Waals surface area contributed by atoms with E-state index < -0.39 is 0 Å². The number of aromatic amines is 1. The number of carbonyl (C=O) groups is 2. The lowest BCUT2D eigenvalue weighted by atomic mass is 10.1. The van der Waals surface area contributed by atoms with Crippen LogP contribution in [0.4, 0.5) is 0 Å². The number of rotatable bonds is 7. The molecule has 0 fully saturated rings. The number of H-pyrrole nitrogens is 1. The third kappa shape index (κ3) is 4.26. The molecule has 0 atom stereocenters. The zero-order chi connectivity index (χ0) is 18.4. The van der Waals surface area contributed by atoms with Crippen LogP contribution >= 0.6 is 0 Å². The minimum Gasteiger partial charge on any atom is -0.466 e. The lowest BCUT2D eigenvalue weighted by Gasteiger charge is -2.22. The number of fused-ring (bicyclic) bond motifs is 1. The molecule has 2 aromatic heterocycles. The molecule has 0 unspecified atom stereocenters. The van der Waals surface area contributed by atoms with Gasteiger partial charge in [-0.2, -0.15) is 5.10 Å². The van der Waals surface area contributed by atoms with Gasteiger partial charge in [0.15, 0.2) is 5.69 Å². The lowest BCUT2D eigenvalue weighted by Crippen LogP contribution is -2.34. The predicted molar refractivity (Wildman–Crippen MR) is 94.2 cm³/mol. The number of pyridine rings is 1. The topological polar surface area (TPSA) is 100 Å². The number of nitrogens with one attached hydrogen (secondary N) is 2. The number of hydrogen-bond acceptors (Lipinski definition) is 6. The van der Waals surface area contributed by atoms with Gasteiger partial charge in [-0.1, -0.05) is 6.07 Å². The summed E-state index contributed by atoms with van der Waals surface area (Å²) >= 11 is 0. The maximum Gasteiger partial charge on any atom is 0.307 e. The number of esters is 1. The van der Waals surface area contributed by atoms with Crippen LogP contribution in [0.2, 0.25) is 0 Å². The van der Waals surface area contributed by atoms with Crippen LogP contribution in [0.15, 0.2) is 24.5 Å². The van der Waals surface area contributed by atoms with E-state index >= 15 is 0 Å². The second-order valence-corrected chi connectivity index (χ2v) is 6.10. The highest BCUT2D eigenvalue weighted by Gasteiger charge is 2.26. The van der Waals surface area contributed by atoms with Gasteiger partial charge in [0, 0.05) is 56.3 Å². The molecule has 3 heterocycles. The maximum atomic E-state index is 13.1. The Bertz CT molecular complexity index is 759. The minimum absolute atomic E-state index is 0.144. The van der Waals surface area contributed by atoms with Gasteiger partial charge >= 0.3 is 5.97 Å². The van der Waals surface area contributed by atoms with Crippen molar-refractivity contribution in [2.75, 3.05) is 19.7 Å². The Morgan fingerprint density at radius 2 is 2.27 bits per heavy atom. The Balaban J connectivity index is 1.78. The summed E-state index contributed by atoms with van der Waals surface area (Å²) in [5.41, 5.74) is 3.22. The molecule has 138 valence electrons. The highest BCUT2D eigenvalue weighted by Crippen LogP contribution is 2.18. The van der Waals surface area contributed by atoms with Gasteiger partial charge in [-0.25, -0.2) is 0 Å². The fraction of sp³-hybridized carbons (Fsp3) is 0.444. The van der Waals surface area contributed by atoms with E-state index in [0.29, 0.717) is 25.4 Å². The first-order valence-corrected chi connectivity index (χ1v) is 8.79. The molecule has 2 aromatic rings. The van der Waals surface area contributed by atoms with Crippen molar-refractivity contribution in [3.05, 3.63) is 47.0 Å². The van der Waals surface area contributed by atoms with E-state index in [4.69, 9.17) is 4.74 Å². The summed E-state index contributed by atoms with van der Waals surface area (Å²) in [4.78, 5) is 30.6. The second-order valence-electron chi connectivity index (χ2n) is 6.10. The van der Waals surface area contributed by atoms with Crippen LogP contribution in [0.1, 0.15) is 40.7 Å². The number of carbonyl (C=O) groups excluding carboxylic acids is 2. The Labute approximate surface area is 151 Å². The molecule has 8 nitrogen and oxygen atoms in total. The first kappa shape index (κ1) is 18.1. The van der Waals surface area contributed by atoms with Gasteiger partial charge in [-0.05, 0) is 18.6 Å². The predicted octanol–water partition coefficient (Wildman–Crippen LogP) is 1.05. The standard InChI is InChI=1S/C18H23N5O3/c1-2-26-16(24)6-9-23(12-13-4-3-7-19-10-13)18(25)17-14-11-20-8-5-15(14)21-22-17/h3-4,7,10,20H,2,5-6,8-9,11-12H2,1H3,(H,21,22). The molecule has 2 N–H and O–H groups in total. The zero-order valence-corrected chi connectivity index (χ0v) is 14.8. The Hall–Kier alpha value is -2.74. The first-order chi connectivity index (χ1) is 12.7. The molecule has 3 rings (SSSR count). The van der Waals surface area contributed by atoms with Crippen molar-refractivity contribution in [1.82, 2.24) is 25.4 Å². The van der Waals surface area contributed by atoms with Crippen molar-refractivity contribution in [3.8, 4) is 0 Å². The molecule has 1 aliphatic rings. The summed E-state index contributed by atoms with van der Waals surface area (Å²) in [5.74, 6) is -0.512. The van der Waals surface area contributed by atoms with E-state index in [-0.39, 0.29) is 24.8 Å². The minimum atomic E-state index is -0.317. The maximum absolute atomic E-state index is 13.1. The fourth-order valence-electron chi connectivity index (χ4n) is 2.98. The molecule has 8 heteroatoms. The average Bonchev–Trinajstić information content (AvgIpc) is 3.10. The van der Waals surface area contributed by atoms with Crippen LogP contribution in [0.5, 0.6) is 0 Å². The van der Waals surface area contributed by atoms with E-state index in [0.717, 1.165) is 29.8 Å². The summed E-state index contributed by atoms with van der Waals surface area (Å²) < 4.78 is 4.98. The van der Waals surface area contributed by atoms with E-state index in [9.17, 15) is 9.59 Å². The summed E-state index contributed by atoms with van der Waals surface area (Å²) in [6.07, 6.45) is 4.36. The molecule has 1 amide bonds. The van der Waals surface area contributed by atoms with Crippen LogP contribution in [-0.4, -0.2) is 51.7 Å². The van der Waals surface area contributed by atoms with Gasteiger partial charge < -0.3 is 15.0 Å². The van der Waals surface area contributed by atoms with Gasteiger partial charge in [-0.15, -0.1) is 0 Å². The quantitative estimate of drug-likeness (QED) is 0.719. The summed E-state index contributed by atoms with van der Waals surface area (Å²) in [5, 5.41) is 10.5. The van der Waals surface area contributed by atoms with Crippen molar-refractivity contribution >= 4 is 11.9 Å². The van der Waals surface area contributed by atoms with Crippen LogP contribution in [-0.2, 0) is 29.0 Å². The van der Waals surface area contributed by atoms with E-state index in [1.165, 1.54) is 0 Å². The number of nitrogens with zero attached hydrogens (tertiary/aromatic N) is 3. The van der Waals surface area contributed by atoms with Gasteiger partial charge in [0.2, 0.25) is 0 Å². The van der Waals surface area contributed by atoms with Crippen molar-refractivity contribution in [2.45, 2.75) is 32.9 Å². The molecule has 0 aromatic carbocycles. The molecule has 0 radical (unpaired) electrons. The van der Waals surface area contributed by atoms with Crippen LogP contribution < -0.4 is 5.32 Å². The number of hydrogen-bond donors (Lipinski definition) is 2. The molecule has 0 spiro atoms. The number of ether oxygens (including phenoxy) is 1. The van der Waals surface area contributed by atoms with E-state index in [2.05, 4.69) is 20.5 Å². The summed E-state index contributed by atoms with van der Waals surface area (Å²) in [7, 11) is 0. The highest BCUT2D eigenvalue weighted by molar-refractivity contribution is 5.94. The normalized spacial score (nSPS) is 13.1. The van der Waals surface area contributed by atoms with Gasteiger partial charge in [0.25, 0.3) is 5.91 Å². The molecule has 1 aliphatic heterocycles.